The van der Waals surface area contributed by atoms with Crippen molar-refractivity contribution in [2.75, 3.05) is 6.79 Å². The van der Waals surface area contributed by atoms with E-state index < -0.39 is 0 Å². The number of amides is 1. The molecule has 7 heteroatoms. The van der Waals surface area contributed by atoms with Crippen molar-refractivity contribution < 1.29 is 18.8 Å². The van der Waals surface area contributed by atoms with Gasteiger partial charge in [-0.25, -0.2) is 0 Å². The first-order valence-electron chi connectivity index (χ1n) is 10.4. The van der Waals surface area contributed by atoms with Gasteiger partial charge in [-0.05, 0) is 31.0 Å². The predicted molar refractivity (Wildman–Crippen MR) is 109 cm³/mol. The summed E-state index contributed by atoms with van der Waals surface area (Å²) in [5.74, 6) is 2.19. The first-order valence-corrected chi connectivity index (χ1v) is 10.4. The topological polar surface area (TPSA) is 77.7 Å². The predicted octanol–water partition coefficient (Wildman–Crippen LogP) is 4.44. The van der Waals surface area contributed by atoms with Crippen LogP contribution >= 0.6 is 0 Å². The zero-order chi connectivity index (χ0) is 20.3. The van der Waals surface area contributed by atoms with E-state index in [2.05, 4.69) is 10.1 Å². The maximum absolute atomic E-state index is 13.5. The SMILES string of the molecule is O=C(c1ccc2c(c1)OCO2)N(Cc1nc(-c2ccccc2)no1)C1CCCCC1. The number of nitrogens with zero attached hydrogens (tertiary/aromatic N) is 3. The number of fused-ring (bicyclic) bond motifs is 1. The second kappa shape index (κ2) is 8.18. The van der Waals surface area contributed by atoms with Crippen molar-refractivity contribution in [3.63, 3.8) is 0 Å². The Morgan fingerprint density at radius 3 is 2.63 bits per heavy atom. The molecular weight excluding hydrogens is 382 g/mol. The van der Waals surface area contributed by atoms with Crippen LogP contribution in [0.25, 0.3) is 11.4 Å². The summed E-state index contributed by atoms with van der Waals surface area (Å²) in [6.07, 6.45) is 5.41. The van der Waals surface area contributed by atoms with Gasteiger partial charge in [0.05, 0.1) is 0 Å². The van der Waals surface area contributed by atoms with Gasteiger partial charge in [0.2, 0.25) is 18.5 Å². The number of ether oxygens (including phenoxy) is 2. The van der Waals surface area contributed by atoms with Gasteiger partial charge < -0.3 is 18.9 Å². The second-order valence-electron chi connectivity index (χ2n) is 7.67. The summed E-state index contributed by atoms with van der Waals surface area (Å²) in [7, 11) is 0. The number of benzene rings is 2. The molecule has 1 saturated carbocycles. The molecule has 0 radical (unpaired) electrons. The quantitative estimate of drug-likeness (QED) is 0.624. The number of carbonyl (C=O) groups is 1. The minimum atomic E-state index is -0.0559. The van der Waals surface area contributed by atoms with Crippen LogP contribution in [0.3, 0.4) is 0 Å². The van der Waals surface area contributed by atoms with Crippen LogP contribution in [0.15, 0.2) is 53.1 Å². The third-order valence-electron chi connectivity index (χ3n) is 5.70. The van der Waals surface area contributed by atoms with Crippen LogP contribution in [0.5, 0.6) is 11.5 Å². The van der Waals surface area contributed by atoms with Crippen molar-refractivity contribution in [2.45, 2.75) is 44.7 Å². The molecule has 30 heavy (non-hydrogen) atoms. The highest BCUT2D eigenvalue weighted by Gasteiger charge is 2.29. The lowest BCUT2D eigenvalue weighted by Gasteiger charge is -2.33. The molecule has 2 aliphatic rings. The molecule has 2 heterocycles. The maximum Gasteiger partial charge on any atom is 0.254 e. The van der Waals surface area contributed by atoms with Crippen molar-refractivity contribution in [2.24, 2.45) is 0 Å². The standard InChI is InChI=1S/C23H23N3O4/c27-23(17-11-12-19-20(13-17)29-15-28-19)26(18-9-5-2-6-10-18)14-21-24-22(25-30-21)16-7-3-1-4-8-16/h1,3-4,7-8,11-13,18H,2,5-6,9-10,14-15H2. The summed E-state index contributed by atoms with van der Waals surface area (Å²) < 4.78 is 16.3. The summed E-state index contributed by atoms with van der Waals surface area (Å²) >= 11 is 0. The van der Waals surface area contributed by atoms with Crippen LogP contribution in [-0.4, -0.2) is 33.8 Å². The molecule has 5 rings (SSSR count). The zero-order valence-electron chi connectivity index (χ0n) is 16.6. The van der Waals surface area contributed by atoms with Gasteiger partial charge in [0.1, 0.15) is 6.54 Å². The average Bonchev–Trinajstić information content (AvgIpc) is 3.47. The molecule has 0 bridgehead atoms. The van der Waals surface area contributed by atoms with Crippen molar-refractivity contribution in [3.05, 3.63) is 60.0 Å². The van der Waals surface area contributed by atoms with E-state index in [9.17, 15) is 4.79 Å². The van der Waals surface area contributed by atoms with Crippen LogP contribution < -0.4 is 9.47 Å². The normalized spacial score (nSPS) is 15.9. The summed E-state index contributed by atoms with van der Waals surface area (Å²) in [5, 5.41) is 4.10. The third-order valence-corrected chi connectivity index (χ3v) is 5.70. The van der Waals surface area contributed by atoms with Crippen LogP contribution in [0, 0.1) is 0 Å². The molecule has 1 fully saturated rings. The fourth-order valence-electron chi connectivity index (χ4n) is 4.12. The Morgan fingerprint density at radius 2 is 1.80 bits per heavy atom. The molecular formula is C23H23N3O4. The van der Waals surface area contributed by atoms with Crippen molar-refractivity contribution in [1.29, 1.82) is 0 Å². The molecule has 154 valence electrons. The molecule has 1 amide bonds. The fourth-order valence-corrected chi connectivity index (χ4v) is 4.12. The largest absolute Gasteiger partial charge is 0.454 e. The van der Waals surface area contributed by atoms with E-state index in [1.807, 2.05) is 35.2 Å². The van der Waals surface area contributed by atoms with Crippen LogP contribution in [-0.2, 0) is 6.54 Å². The molecule has 7 nitrogen and oxygen atoms in total. The van der Waals surface area contributed by atoms with E-state index >= 15 is 0 Å². The van der Waals surface area contributed by atoms with E-state index in [0.29, 0.717) is 28.8 Å². The molecule has 2 aromatic carbocycles. The van der Waals surface area contributed by atoms with E-state index in [1.54, 1.807) is 18.2 Å². The first-order chi connectivity index (χ1) is 14.8. The van der Waals surface area contributed by atoms with Gasteiger partial charge in [0.15, 0.2) is 11.5 Å². The van der Waals surface area contributed by atoms with Gasteiger partial charge in [-0.15, -0.1) is 0 Å². The highest BCUT2D eigenvalue weighted by atomic mass is 16.7. The first kappa shape index (κ1) is 18.7. The summed E-state index contributed by atoms with van der Waals surface area (Å²) in [4.78, 5) is 19.9. The van der Waals surface area contributed by atoms with Gasteiger partial charge in [-0.1, -0.05) is 54.8 Å². The Hall–Kier alpha value is -3.35. The highest BCUT2D eigenvalue weighted by molar-refractivity contribution is 5.95. The Kier molecular flexibility index (Phi) is 5.09. The fraction of sp³-hybridized carbons (Fsp3) is 0.348. The van der Waals surface area contributed by atoms with Crippen LogP contribution in [0.2, 0.25) is 0 Å². The zero-order valence-corrected chi connectivity index (χ0v) is 16.6. The lowest BCUT2D eigenvalue weighted by atomic mass is 9.93. The third kappa shape index (κ3) is 3.75. The van der Waals surface area contributed by atoms with Crippen LogP contribution in [0.4, 0.5) is 0 Å². The monoisotopic (exact) mass is 405 g/mol. The summed E-state index contributed by atoms with van der Waals surface area (Å²) in [6, 6.07) is 15.2. The summed E-state index contributed by atoms with van der Waals surface area (Å²) in [6.45, 7) is 0.474. The molecule has 3 aromatic rings. The molecule has 0 unspecified atom stereocenters. The van der Waals surface area contributed by atoms with Gasteiger partial charge in [0, 0.05) is 17.2 Å². The second-order valence-corrected chi connectivity index (χ2v) is 7.67. The van der Waals surface area contributed by atoms with Crippen molar-refractivity contribution in [1.82, 2.24) is 15.0 Å². The molecule has 0 atom stereocenters. The molecule has 1 aliphatic heterocycles. The minimum absolute atomic E-state index is 0.0559. The smallest absolute Gasteiger partial charge is 0.254 e. The van der Waals surface area contributed by atoms with E-state index in [1.165, 1.54) is 6.42 Å². The Labute approximate surface area is 174 Å². The van der Waals surface area contributed by atoms with Crippen LogP contribution in [0.1, 0.15) is 48.4 Å². The molecule has 1 aliphatic carbocycles. The average molecular weight is 405 g/mol. The van der Waals surface area contributed by atoms with Gasteiger partial charge in [-0.2, -0.15) is 4.98 Å². The Bertz CT molecular complexity index is 1030. The Balaban J connectivity index is 1.41. The van der Waals surface area contributed by atoms with Crippen molar-refractivity contribution >= 4 is 5.91 Å². The molecule has 0 N–H and O–H groups in total. The minimum Gasteiger partial charge on any atom is -0.454 e. The lowest BCUT2D eigenvalue weighted by molar-refractivity contribution is 0.0585. The number of hydrogen-bond acceptors (Lipinski definition) is 6. The van der Waals surface area contributed by atoms with E-state index in [4.69, 9.17) is 14.0 Å². The summed E-state index contributed by atoms with van der Waals surface area (Å²) in [5.41, 5.74) is 1.46. The molecule has 1 aromatic heterocycles. The molecule has 0 spiro atoms. The van der Waals surface area contributed by atoms with Gasteiger partial charge in [0.25, 0.3) is 5.91 Å². The lowest BCUT2D eigenvalue weighted by Crippen LogP contribution is -2.41. The number of hydrogen-bond donors (Lipinski definition) is 0. The Morgan fingerprint density at radius 1 is 1.00 bits per heavy atom. The number of aromatic nitrogens is 2. The number of rotatable bonds is 5. The highest BCUT2D eigenvalue weighted by Crippen LogP contribution is 2.34. The maximum atomic E-state index is 13.5. The molecule has 0 saturated heterocycles. The number of carbonyl (C=O) groups excluding carboxylic acids is 1. The van der Waals surface area contributed by atoms with Gasteiger partial charge >= 0.3 is 0 Å². The van der Waals surface area contributed by atoms with E-state index in [0.717, 1.165) is 31.2 Å². The van der Waals surface area contributed by atoms with E-state index in [-0.39, 0.29) is 25.3 Å². The van der Waals surface area contributed by atoms with Gasteiger partial charge in [-0.3, -0.25) is 4.79 Å². The van der Waals surface area contributed by atoms with Crippen molar-refractivity contribution in [3.8, 4) is 22.9 Å².